The summed E-state index contributed by atoms with van der Waals surface area (Å²) >= 11 is 0. The quantitative estimate of drug-likeness (QED) is 0.358. The number of ether oxygens (including phenoxy) is 1. The topological polar surface area (TPSA) is 89.4 Å². The molecule has 0 bridgehead atoms. The van der Waals surface area contributed by atoms with Crippen molar-refractivity contribution in [2.45, 2.75) is 115 Å². The van der Waals surface area contributed by atoms with Crippen LogP contribution in [0.5, 0.6) is 0 Å². The molecule has 1 aromatic carbocycles. The largest absolute Gasteiger partial charge is 0.404 e. The van der Waals surface area contributed by atoms with E-state index in [9.17, 15) is 26.4 Å². The lowest BCUT2D eigenvalue weighted by atomic mass is 9.85. The number of halogens is 3. The first-order chi connectivity index (χ1) is 19.6. The smallest absolute Gasteiger partial charge is 0.381 e. The Balaban J connectivity index is 1.77. The maximum atomic E-state index is 13.5. The highest BCUT2D eigenvalue weighted by atomic mass is 32.2. The lowest BCUT2D eigenvalue weighted by Gasteiger charge is -2.26. The lowest BCUT2D eigenvalue weighted by Crippen LogP contribution is -2.43. The first-order valence-electron chi connectivity index (χ1n) is 14.9. The molecule has 2 fully saturated rings. The molecule has 1 aliphatic heterocycles. The van der Waals surface area contributed by atoms with Gasteiger partial charge in [-0.3, -0.25) is 4.79 Å². The van der Waals surface area contributed by atoms with Gasteiger partial charge >= 0.3 is 6.18 Å². The number of nitrogens with one attached hydrogen (secondary N) is 2. The number of hydrogen-bond acceptors (Lipinski definition) is 4. The summed E-state index contributed by atoms with van der Waals surface area (Å²) in [5.41, 5.74) is 2.63. The number of carbonyl (C=O) groups is 1. The fourth-order valence-electron chi connectivity index (χ4n) is 5.96. The van der Waals surface area contributed by atoms with E-state index in [1.54, 1.807) is 16.9 Å². The lowest BCUT2D eigenvalue weighted by molar-refractivity contribution is -0.147. The molecule has 0 spiro atoms. The van der Waals surface area contributed by atoms with E-state index in [-0.39, 0.29) is 16.8 Å². The number of amides is 1. The van der Waals surface area contributed by atoms with Crippen molar-refractivity contribution >= 4 is 15.9 Å². The number of nitrogens with zero attached hydrogens (tertiary/aromatic N) is 1. The Hall–Kier alpha value is -2.37. The van der Waals surface area contributed by atoms with Crippen LogP contribution in [0.4, 0.5) is 13.2 Å². The number of sulfonamides is 1. The Kier molecular flexibility index (Phi) is 9.84. The van der Waals surface area contributed by atoms with Gasteiger partial charge < -0.3 is 14.6 Å². The third-order valence-electron chi connectivity index (χ3n) is 8.53. The minimum atomic E-state index is -4.71. The minimum absolute atomic E-state index is 0.0411. The molecular formula is C31H44F3N3O4S. The molecule has 1 aliphatic carbocycles. The molecule has 2 N–H and O–H groups in total. The van der Waals surface area contributed by atoms with Crippen molar-refractivity contribution < 1.29 is 31.1 Å². The van der Waals surface area contributed by atoms with Gasteiger partial charge in [0, 0.05) is 37.2 Å². The van der Waals surface area contributed by atoms with Crippen LogP contribution in [0, 0.1) is 12.8 Å². The zero-order valence-electron chi connectivity index (χ0n) is 25.2. The molecule has 2 heterocycles. The van der Waals surface area contributed by atoms with Gasteiger partial charge in [-0.25, -0.2) is 8.42 Å². The molecule has 0 unspecified atom stereocenters. The SMILES string of the molecule is Cc1c(C(=O)NC2CCOCC2)cc(-c2ccc(S(=O)(=O)N[C@@H](C)C(F)(F)F)c(C(C)(C)C)c2)n1CC1CCCCC1. The van der Waals surface area contributed by atoms with Gasteiger partial charge in [0.05, 0.1) is 10.5 Å². The second kappa shape index (κ2) is 12.7. The van der Waals surface area contributed by atoms with E-state index in [0.29, 0.717) is 35.8 Å². The van der Waals surface area contributed by atoms with Crippen molar-refractivity contribution in [1.82, 2.24) is 14.6 Å². The summed E-state index contributed by atoms with van der Waals surface area (Å²) in [5.74, 6) is 0.313. The van der Waals surface area contributed by atoms with Gasteiger partial charge in [0.25, 0.3) is 5.91 Å². The number of alkyl halides is 3. The molecule has 2 aliphatic rings. The highest BCUT2D eigenvalue weighted by molar-refractivity contribution is 7.89. The van der Waals surface area contributed by atoms with E-state index < -0.39 is 27.7 Å². The molecule has 2 aromatic rings. The van der Waals surface area contributed by atoms with Crippen LogP contribution in [0.1, 0.15) is 94.3 Å². The molecule has 0 radical (unpaired) electrons. The van der Waals surface area contributed by atoms with E-state index in [1.807, 2.05) is 33.8 Å². The summed E-state index contributed by atoms with van der Waals surface area (Å²) in [6.45, 7) is 10.2. The molecule has 234 valence electrons. The second-order valence-corrected chi connectivity index (χ2v) is 14.5. The molecule has 4 rings (SSSR count). The van der Waals surface area contributed by atoms with E-state index in [2.05, 4.69) is 9.88 Å². The Bertz CT molecular complexity index is 1370. The molecule has 7 nitrogen and oxygen atoms in total. The average Bonchev–Trinajstić information content (AvgIpc) is 3.24. The van der Waals surface area contributed by atoms with Crippen molar-refractivity contribution in [3.05, 3.63) is 41.1 Å². The van der Waals surface area contributed by atoms with Gasteiger partial charge in [-0.15, -0.1) is 0 Å². The molecule has 1 amide bonds. The Labute approximate surface area is 247 Å². The molecular weight excluding hydrogens is 567 g/mol. The summed E-state index contributed by atoms with van der Waals surface area (Å²) < 4.78 is 75.5. The second-order valence-electron chi connectivity index (χ2n) is 12.8. The summed E-state index contributed by atoms with van der Waals surface area (Å²) in [5, 5.41) is 3.15. The maximum Gasteiger partial charge on any atom is 0.404 e. The molecule has 1 saturated carbocycles. The molecule has 11 heteroatoms. The van der Waals surface area contributed by atoms with Gasteiger partial charge in [-0.05, 0) is 80.2 Å². The van der Waals surface area contributed by atoms with Crippen LogP contribution in [-0.2, 0) is 26.7 Å². The fourth-order valence-corrected chi connectivity index (χ4v) is 7.58. The van der Waals surface area contributed by atoms with Crippen molar-refractivity contribution in [3.63, 3.8) is 0 Å². The van der Waals surface area contributed by atoms with Gasteiger partial charge in [-0.2, -0.15) is 17.9 Å². The van der Waals surface area contributed by atoms with Gasteiger partial charge in [-0.1, -0.05) is 46.1 Å². The van der Waals surface area contributed by atoms with E-state index >= 15 is 0 Å². The van der Waals surface area contributed by atoms with Crippen LogP contribution in [0.25, 0.3) is 11.3 Å². The Morgan fingerprint density at radius 2 is 1.69 bits per heavy atom. The van der Waals surface area contributed by atoms with Crippen LogP contribution < -0.4 is 10.0 Å². The van der Waals surface area contributed by atoms with Crippen molar-refractivity contribution in [3.8, 4) is 11.3 Å². The maximum absolute atomic E-state index is 13.5. The Morgan fingerprint density at radius 3 is 2.29 bits per heavy atom. The monoisotopic (exact) mass is 611 g/mol. The number of benzene rings is 1. The molecule has 1 atom stereocenters. The van der Waals surface area contributed by atoms with Crippen LogP contribution >= 0.6 is 0 Å². The van der Waals surface area contributed by atoms with Crippen LogP contribution in [0.2, 0.25) is 0 Å². The van der Waals surface area contributed by atoms with Crippen molar-refractivity contribution in [2.75, 3.05) is 13.2 Å². The summed E-state index contributed by atoms with van der Waals surface area (Å²) in [6.07, 6.45) is 2.57. The third-order valence-corrected chi connectivity index (χ3v) is 10.1. The van der Waals surface area contributed by atoms with E-state index in [0.717, 1.165) is 50.5 Å². The van der Waals surface area contributed by atoms with E-state index in [1.165, 1.54) is 25.3 Å². The van der Waals surface area contributed by atoms with Crippen molar-refractivity contribution in [2.24, 2.45) is 5.92 Å². The zero-order chi connectivity index (χ0) is 30.9. The average molecular weight is 612 g/mol. The number of aromatic nitrogens is 1. The molecule has 42 heavy (non-hydrogen) atoms. The third kappa shape index (κ3) is 7.58. The minimum Gasteiger partial charge on any atom is -0.381 e. The molecule has 1 aromatic heterocycles. The summed E-state index contributed by atoms with van der Waals surface area (Å²) in [6, 6.07) is 4.44. The Morgan fingerprint density at radius 1 is 1.05 bits per heavy atom. The summed E-state index contributed by atoms with van der Waals surface area (Å²) in [4.78, 5) is 13.3. The highest BCUT2D eigenvalue weighted by Crippen LogP contribution is 2.36. The van der Waals surface area contributed by atoms with Crippen LogP contribution in [0.3, 0.4) is 0 Å². The van der Waals surface area contributed by atoms with Crippen molar-refractivity contribution in [1.29, 1.82) is 0 Å². The highest BCUT2D eigenvalue weighted by Gasteiger charge is 2.40. The predicted octanol–water partition coefficient (Wildman–Crippen LogP) is 6.48. The van der Waals surface area contributed by atoms with Gasteiger partial charge in [0.2, 0.25) is 10.0 Å². The van der Waals surface area contributed by atoms with Gasteiger partial charge in [0.1, 0.15) is 6.04 Å². The van der Waals surface area contributed by atoms with Crippen LogP contribution in [0.15, 0.2) is 29.2 Å². The van der Waals surface area contributed by atoms with Crippen LogP contribution in [-0.4, -0.2) is 50.4 Å². The predicted molar refractivity (Wildman–Crippen MR) is 157 cm³/mol. The fraction of sp³-hybridized carbons (Fsp3) is 0.645. The number of hydrogen-bond donors (Lipinski definition) is 2. The molecule has 1 saturated heterocycles. The first-order valence-corrected chi connectivity index (χ1v) is 16.4. The number of rotatable bonds is 8. The standard InChI is InChI=1S/C31H44F3N3O4S/c1-20-25(29(38)35-24-13-15-41-16-14-24)18-27(37(20)19-22-9-7-6-8-10-22)23-11-12-28(26(17-23)30(3,4)5)42(39,40)36-21(2)31(32,33)34/h11-12,17-18,21-22,24,36H,6-10,13-16,19H2,1-5H3,(H,35,38)/t21-/m0/s1. The summed E-state index contributed by atoms with van der Waals surface area (Å²) in [7, 11) is -4.47. The van der Waals surface area contributed by atoms with Gasteiger partial charge in [0.15, 0.2) is 0 Å². The van der Waals surface area contributed by atoms with E-state index in [4.69, 9.17) is 4.74 Å². The first kappa shape index (κ1) is 32.5. The normalized spacial score (nSPS) is 18.7. The number of carbonyl (C=O) groups excluding carboxylic acids is 1. The zero-order valence-corrected chi connectivity index (χ0v) is 26.1.